The molecule has 0 aliphatic carbocycles. The van der Waals surface area contributed by atoms with E-state index in [1.165, 1.54) is 36.4 Å². The highest BCUT2D eigenvalue weighted by Gasteiger charge is 2.44. The molecule has 1 atom stereocenters. The Kier molecular flexibility index (Phi) is 9.02. The SMILES string of the molecule is O[C@H](CN(Cc1cccc(OC(F)(F)C(F)F)c1)c1cccc(OCc2cc(F)cc(F)c2)c1)C(F)(F)F. The van der Waals surface area contributed by atoms with Crippen LogP contribution >= 0.6 is 0 Å². The lowest BCUT2D eigenvalue weighted by atomic mass is 10.1. The number of ether oxygens (including phenoxy) is 2. The molecular weight excluding hydrogens is 533 g/mol. The molecule has 0 aliphatic heterocycles. The van der Waals surface area contributed by atoms with Crippen LogP contribution in [0, 0.1) is 11.6 Å². The Morgan fingerprint density at radius 2 is 1.42 bits per heavy atom. The van der Waals surface area contributed by atoms with Crippen LogP contribution in [0.1, 0.15) is 11.1 Å². The number of alkyl halides is 7. The van der Waals surface area contributed by atoms with Gasteiger partial charge in [-0.05, 0) is 47.5 Å². The van der Waals surface area contributed by atoms with Crippen LogP contribution in [0.5, 0.6) is 11.5 Å². The fraction of sp³-hybridized carbons (Fsp3) is 0.280. The first-order valence-electron chi connectivity index (χ1n) is 10.8. The highest BCUT2D eigenvalue weighted by Crippen LogP contribution is 2.30. The van der Waals surface area contributed by atoms with Gasteiger partial charge < -0.3 is 19.5 Å². The van der Waals surface area contributed by atoms with Crippen LogP contribution in [0.25, 0.3) is 0 Å². The van der Waals surface area contributed by atoms with Crippen molar-refractivity contribution in [3.63, 3.8) is 0 Å². The highest BCUT2D eigenvalue weighted by atomic mass is 19.4. The molecule has 0 radical (unpaired) electrons. The number of anilines is 1. The molecule has 4 nitrogen and oxygen atoms in total. The number of benzene rings is 3. The fourth-order valence-corrected chi connectivity index (χ4v) is 3.33. The van der Waals surface area contributed by atoms with Gasteiger partial charge in [-0.25, -0.2) is 8.78 Å². The minimum atomic E-state index is -4.99. The van der Waals surface area contributed by atoms with Gasteiger partial charge in [-0.1, -0.05) is 18.2 Å². The summed E-state index contributed by atoms with van der Waals surface area (Å²) in [5.41, 5.74) is 0.346. The predicted molar refractivity (Wildman–Crippen MR) is 118 cm³/mol. The summed E-state index contributed by atoms with van der Waals surface area (Å²) in [5.74, 6) is -2.21. The Hall–Kier alpha value is -3.61. The summed E-state index contributed by atoms with van der Waals surface area (Å²) in [7, 11) is 0. The Bertz CT molecular complexity index is 1200. The quantitative estimate of drug-likeness (QED) is 0.268. The van der Waals surface area contributed by atoms with E-state index in [2.05, 4.69) is 4.74 Å². The van der Waals surface area contributed by atoms with Crippen molar-refractivity contribution in [1.82, 2.24) is 0 Å². The summed E-state index contributed by atoms with van der Waals surface area (Å²) in [4.78, 5) is 1.05. The molecule has 0 unspecified atom stereocenters. The molecule has 3 aromatic rings. The molecule has 0 amide bonds. The third kappa shape index (κ3) is 8.20. The largest absolute Gasteiger partial charge is 0.489 e. The van der Waals surface area contributed by atoms with Crippen LogP contribution in [0.2, 0.25) is 0 Å². The Labute approximate surface area is 210 Å². The second kappa shape index (κ2) is 11.8. The van der Waals surface area contributed by atoms with Gasteiger partial charge in [-0.3, -0.25) is 0 Å². The van der Waals surface area contributed by atoms with E-state index in [4.69, 9.17) is 4.74 Å². The van der Waals surface area contributed by atoms with Crippen molar-refractivity contribution in [2.45, 2.75) is 38.0 Å². The van der Waals surface area contributed by atoms with Crippen LogP contribution in [0.4, 0.5) is 45.2 Å². The van der Waals surface area contributed by atoms with Crippen molar-refractivity contribution in [3.05, 3.63) is 89.5 Å². The van der Waals surface area contributed by atoms with Gasteiger partial charge in [0.2, 0.25) is 0 Å². The topological polar surface area (TPSA) is 41.9 Å². The van der Waals surface area contributed by atoms with E-state index >= 15 is 0 Å². The first-order chi connectivity index (χ1) is 17.7. The van der Waals surface area contributed by atoms with E-state index in [1.807, 2.05) is 0 Å². The Morgan fingerprint density at radius 1 is 0.789 bits per heavy atom. The van der Waals surface area contributed by atoms with Crippen LogP contribution in [0.15, 0.2) is 66.7 Å². The highest BCUT2D eigenvalue weighted by molar-refractivity contribution is 5.51. The lowest BCUT2D eigenvalue weighted by molar-refractivity contribution is -0.253. The smallest absolute Gasteiger partial charge is 0.461 e. The van der Waals surface area contributed by atoms with Crippen molar-refractivity contribution in [1.29, 1.82) is 0 Å². The summed E-state index contributed by atoms with van der Waals surface area (Å²) in [6, 6.07) is 12.7. The number of nitrogens with zero attached hydrogens (tertiary/aromatic N) is 1. The minimum Gasteiger partial charge on any atom is -0.489 e. The molecule has 3 aromatic carbocycles. The molecule has 0 aromatic heterocycles. The molecular formula is C25H20F9NO3. The second-order valence-electron chi connectivity index (χ2n) is 8.11. The number of aliphatic hydroxyl groups is 1. The van der Waals surface area contributed by atoms with Crippen molar-refractivity contribution in [2.75, 3.05) is 11.4 Å². The molecule has 0 saturated heterocycles. The summed E-state index contributed by atoms with van der Waals surface area (Å²) in [6.07, 6.45) is -16.7. The van der Waals surface area contributed by atoms with Crippen molar-refractivity contribution >= 4 is 5.69 Å². The number of aliphatic hydroxyl groups excluding tert-OH is 1. The first kappa shape index (κ1) is 29.0. The zero-order chi connectivity index (χ0) is 28.1. The van der Waals surface area contributed by atoms with Crippen molar-refractivity contribution < 1.29 is 54.1 Å². The second-order valence-corrected chi connectivity index (χ2v) is 8.11. The Morgan fingerprint density at radius 3 is 2.05 bits per heavy atom. The molecule has 0 aliphatic rings. The third-order valence-corrected chi connectivity index (χ3v) is 5.06. The van der Waals surface area contributed by atoms with E-state index in [9.17, 15) is 44.6 Å². The third-order valence-electron chi connectivity index (χ3n) is 5.06. The minimum absolute atomic E-state index is 0.0976. The standard InChI is InChI=1S/C25H20F9NO3/c26-17-7-16(8-18(27)10-17)14-37-20-5-2-4-19(11-20)35(13-22(36)24(30,31)32)12-15-3-1-6-21(9-15)38-25(33,34)23(28)29/h1-11,22-23,36H,12-14H2/t22-/m1/s1. The zero-order valence-electron chi connectivity index (χ0n) is 19.2. The Balaban J connectivity index is 1.84. The van der Waals surface area contributed by atoms with Gasteiger partial charge in [0, 0.05) is 24.4 Å². The molecule has 0 spiro atoms. The number of hydrogen-bond acceptors (Lipinski definition) is 4. The molecule has 0 heterocycles. The average molecular weight is 553 g/mol. The molecule has 0 saturated carbocycles. The zero-order valence-corrected chi connectivity index (χ0v) is 19.2. The molecule has 13 heteroatoms. The maximum atomic E-state index is 13.4. The first-order valence-corrected chi connectivity index (χ1v) is 10.8. The van der Waals surface area contributed by atoms with Crippen LogP contribution in [0.3, 0.4) is 0 Å². The van der Waals surface area contributed by atoms with E-state index < -0.39 is 48.7 Å². The summed E-state index contributed by atoms with van der Waals surface area (Å²) >= 11 is 0. The van der Waals surface area contributed by atoms with Gasteiger partial charge in [0.1, 0.15) is 29.7 Å². The van der Waals surface area contributed by atoms with Crippen LogP contribution in [-0.2, 0) is 13.2 Å². The van der Waals surface area contributed by atoms with Gasteiger partial charge in [0.25, 0.3) is 0 Å². The summed E-state index contributed by atoms with van der Waals surface area (Å²) in [5, 5.41) is 9.66. The van der Waals surface area contributed by atoms with Crippen molar-refractivity contribution in [3.8, 4) is 11.5 Å². The van der Waals surface area contributed by atoms with Gasteiger partial charge in [-0.2, -0.15) is 30.7 Å². The molecule has 206 valence electrons. The van der Waals surface area contributed by atoms with Gasteiger partial charge in [0.15, 0.2) is 6.10 Å². The number of rotatable bonds is 11. The molecule has 0 fully saturated rings. The monoisotopic (exact) mass is 553 g/mol. The normalized spacial score (nSPS) is 12.9. The van der Waals surface area contributed by atoms with Gasteiger partial charge in [0.05, 0.1) is 6.54 Å². The summed E-state index contributed by atoms with van der Waals surface area (Å²) < 4.78 is 127. The lowest BCUT2D eigenvalue weighted by Gasteiger charge is -2.29. The number of halogens is 9. The maximum absolute atomic E-state index is 13.4. The van der Waals surface area contributed by atoms with Gasteiger partial charge in [-0.15, -0.1) is 0 Å². The maximum Gasteiger partial charge on any atom is 0.461 e. The van der Waals surface area contributed by atoms with E-state index in [0.717, 1.165) is 29.2 Å². The van der Waals surface area contributed by atoms with E-state index in [1.54, 1.807) is 0 Å². The average Bonchev–Trinajstić information content (AvgIpc) is 2.81. The molecule has 38 heavy (non-hydrogen) atoms. The molecule has 3 rings (SSSR count). The number of hydrogen-bond donors (Lipinski definition) is 1. The van der Waals surface area contributed by atoms with E-state index in [0.29, 0.717) is 6.07 Å². The lowest BCUT2D eigenvalue weighted by Crippen LogP contribution is -2.40. The summed E-state index contributed by atoms with van der Waals surface area (Å²) in [6.45, 7) is -1.65. The van der Waals surface area contributed by atoms with Crippen molar-refractivity contribution in [2.24, 2.45) is 0 Å². The molecule has 1 N–H and O–H groups in total. The molecule has 0 bridgehead atoms. The van der Waals surface area contributed by atoms with Gasteiger partial charge >= 0.3 is 18.7 Å². The van der Waals surface area contributed by atoms with Crippen LogP contribution < -0.4 is 14.4 Å². The van der Waals surface area contributed by atoms with Crippen LogP contribution in [-0.4, -0.2) is 36.5 Å². The predicted octanol–water partition coefficient (Wildman–Crippen LogP) is 6.71. The fourth-order valence-electron chi connectivity index (χ4n) is 3.33. The van der Waals surface area contributed by atoms with E-state index in [-0.39, 0.29) is 35.7 Å².